The number of rotatable bonds is 8. The summed E-state index contributed by atoms with van der Waals surface area (Å²) in [5.74, 6) is 2.28. The van der Waals surface area contributed by atoms with Crippen LogP contribution < -0.4 is 0 Å². The summed E-state index contributed by atoms with van der Waals surface area (Å²) in [5, 5.41) is 20.8. The first-order valence-electron chi connectivity index (χ1n) is 13.2. The standard InChI is InChI=1S/C29H48O2/c1-6-29(31,7-2)19-8-10-21(3)25-16-17-26-24(11-9-18-28(25,26)5)15-14-23-13-12-22(4)27(30)20-23/h14-15,21,25-27,30-31H,4,6-13,16-20H2,1-3,5H3/b23-14-,24-15+/t21-,25?,26?,27+,28+/m0/s1. The third kappa shape index (κ3) is 5.56. The van der Waals surface area contributed by atoms with Crippen LogP contribution in [0.5, 0.6) is 0 Å². The van der Waals surface area contributed by atoms with Crippen LogP contribution in [0.15, 0.2) is 35.5 Å². The second-order valence-corrected chi connectivity index (χ2v) is 11.3. The third-order valence-electron chi connectivity index (χ3n) is 9.57. The molecular formula is C29H48O2. The van der Waals surface area contributed by atoms with E-state index in [1.807, 2.05) is 0 Å². The minimum absolute atomic E-state index is 0.343. The van der Waals surface area contributed by atoms with Gasteiger partial charge in [0.25, 0.3) is 0 Å². The molecule has 3 aliphatic carbocycles. The zero-order valence-corrected chi connectivity index (χ0v) is 20.8. The van der Waals surface area contributed by atoms with Gasteiger partial charge in [0.1, 0.15) is 0 Å². The fraction of sp³-hybridized carbons (Fsp3) is 0.793. The molecule has 0 aromatic rings. The van der Waals surface area contributed by atoms with Gasteiger partial charge in [-0.25, -0.2) is 0 Å². The van der Waals surface area contributed by atoms with Crippen molar-refractivity contribution in [3.8, 4) is 0 Å². The maximum atomic E-state index is 10.6. The van der Waals surface area contributed by atoms with E-state index in [4.69, 9.17) is 0 Å². The summed E-state index contributed by atoms with van der Waals surface area (Å²) >= 11 is 0. The Hall–Kier alpha value is -0.860. The Balaban J connectivity index is 1.63. The number of aliphatic hydroxyl groups is 2. The molecule has 176 valence electrons. The maximum absolute atomic E-state index is 10.6. The van der Waals surface area contributed by atoms with Crippen LogP contribution in [0, 0.1) is 23.2 Å². The molecular weight excluding hydrogens is 380 g/mol. The minimum atomic E-state index is -0.449. The van der Waals surface area contributed by atoms with E-state index >= 15 is 0 Å². The Kier molecular flexibility index (Phi) is 8.30. The molecule has 31 heavy (non-hydrogen) atoms. The zero-order chi connectivity index (χ0) is 22.6. The Bertz CT molecular complexity index is 683. The normalized spacial score (nSPS) is 35.5. The average Bonchev–Trinajstić information content (AvgIpc) is 3.12. The van der Waals surface area contributed by atoms with Gasteiger partial charge >= 0.3 is 0 Å². The van der Waals surface area contributed by atoms with Crippen LogP contribution in [0.25, 0.3) is 0 Å². The van der Waals surface area contributed by atoms with E-state index in [1.54, 1.807) is 5.57 Å². The predicted molar refractivity (Wildman–Crippen MR) is 132 cm³/mol. The largest absolute Gasteiger partial charge is 0.390 e. The molecule has 2 heteroatoms. The summed E-state index contributed by atoms with van der Waals surface area (Å²) in [6, 6.07) is 0. The van der Waals surface area contributed by atoms with Crippen molar-refractivity contribution in [1.82, 2.24) is 0 Å². The van der Waals surface area contributed by atoms with Gasteiger partial charge in [-0.3, -0.25) is 0 Å². The van der Waals surface area contributed by atoms with Crippen LogP contribution in [0.3, 0.4) is 0 Å². The summed E-state index contributed by atoms with van der Waals surface area (Å²) in [6.07, 6.45) is 18.9. The molecule has 2 nitrogen and oxygen atoms in total. The van der Waals surface area contributed by atoms with E-state index in [-0.39, 0.29) is 6.10 Å². The van der Waals surface area contributed by atoms with Gasteiger partial charge in [0, 0.05) is 0 Å². The lowest BCUT2D eigenvalue weighted by molar-refractivity contribution is 0.0178. The van der Waals surface area contributed by atoms with Gasteiger partial charge in [-0.05, 0) is 99.4 Å². The first-order valence-corrected chi connectivity index (χ1v) is 13.2. The van der Waals surface area contributed by atoms with E-state index in [1.165, 1.54) is 44.1 Å². The second kappa shape index (κ2) is 10.4. The molecule has 3 fully saturated rings. The number of fused-ring (bicyclic) bond motifs is 1. The van der Waals surface area contributed by atoms with Gasteiger partial charge in [0.05, 0.1) is 11.7 Å². The molecule has 3 aliphatic rings. The molecule has 0 spiro atoms. The smallest absolute Gasteiger partial charge is 0.0784 e. The topological polar surface area (TPSA) is 40.5 Å². The molecule has 0 heterocycles. The minimum Gasteiger partial charge on any atom is -0.390 e. The number of aliphatic hydroxyl groups excluding tert-OH is 1. The lowest BCUT2D eigenvalue weighted by Crippen LogP contribution is -2.36. The molecule has 0 aliphatic heterocycles. The monoisotopic (exact) mass is 428 g/mol. The van der Waals surface area contributed by atoms with Crippen LogP contribution in [0.4, 0.5) is 0 Å². The van der Waals surface area contributed by atoms with Crippen molar-refractivity contribution in [2.45, 2.75) is 123 Å². The SMILES string of the molecule is C=C1CC/C(=C/C=C2\CCC[C@@]3(C)C2CCC3[C@@H](C)CCCC(O)(CC)CC)C[C@H]1O. The van der Waals surface area contributed by atoms with E-state index in [0.717, 1.165) is 68.3 Å². The highest BCUT2D eigenvalue weighted by molar-refractivity contribution is 5.28. The first-order chi connectivity index (χ1) is 14.7. The first kappa shape index (κ1) is 24.8. The van der Waals surface area contributed by atoms with Crippen molar-refractivity contribution in [3.63, 3.8) is 0 Å². The molecule has 0 radical (unpaired) electrons. The van der Waals surface area contributed by atoms with Gasteiger partial charge < -0.3 is 10.2 Å². The molecule has 0 aromatic heterocycles. The van der Waals surface area contributed by atoms with Gasteiger partial charge in [0.15, 0.2) is 0 Å². The van der Waals surface area contributed by atoms with Crippen LogP contribution in [0.1, 0.15) is 111 Å². The summed E-state index contributed by atoms with van der Waals surface area (Å²) < 4.78 is 0. The fourth-order valence-electron chi connectivity index (χ4n) is 7.13. The Labute approximate surface area is 191 Å². The molecule has 2 unspecified atom stereocenters. The molecule has 3 saturated carbocycles. The molecule has 5 atom stereocenters. The Morgan fingerprint density at radius 3 is 2.58 bits per heavy atom. The van der Waals surface area contributed by atoms with Crippen molar-refractivity contribution in [3.05, 3.63) is 35.5 Å². The van der Waals surface area contributed by atoms with E-state index < -0.39 is 5.60 Å². The van der Waals surface area contributed by atoms with Crippen LogP contribution >= 0.6 is 0 Å². The Morgan fingerprint density at radius 2 is 1.90 bits per heavy atom. The van der Waals surface area contributed by atoms with Crippen LogP contribution in [-0.4, -0.2) is 21.9 Å². The average molecular weight is 429 g/mol. The molecule has 3 rings (SSSR count). The molecule has 0 bridgehead atoms. The highest BCUT2D eigenvalue weighted by Gasteiger charge is 2.50. The summed E-state index contributed by atoms with van der Waals surface area (Å²) in [7, 11) is 0. The van der Waals surface area contributed by atoms with Crippen LogP contribution in [0.2, 0.25) is 0 Å². The lowest BCUT2D eigenvalue weighted by Gasteiger charge is -2.44. The van der Waals surface area contributed by atoms with Crippen molar-refractivity contribution < 1.29 is 10.2 Å². The van der Waals surface area contributed by atoms with Gasteiger partial charge in [0.2, 0.25) is 0 Å². The summed E-state index contributed by atoms with van der Waals surface area (Å²) in [6.45, 7) is 13.3. The number of allylic oxidation sites excluding steroid dienone is 3. The van der Waals surface area contributed by atoms with Gasteiger partial charge in [-0.15, -0.1) is 0 Å². The highest BCUT2D eigenvalue weighted by Crippen LogP contribution is 2.60. The predicted octanol–water partition coefficient (Wildman–Crippen LogP) is 7.51. The third-order valence-corrected chi connectivity index (χ3v) is 9.57. The van der Waals surface area contributed by atoms with E-state index in [2.05, 4.69) is 46.4 Å². The van der Waals surface area contributed by atoms with Crippen molar-refractivity contribution >= 4 is 0 Å². The zero-order valence-electron chi connectivity index (χ0n) is 20.8. The summed E-state index contributed by atoms with van der Waals surface area (Å²) in [5.41, 5.74) is 4.05. The van der Waals surface area contributed by atoms with Crippen molar-refractivity contribution in [2.24, 2.45) is 23.2 Å². The van der Waals surface area contributed by atoms with E-state index in [9.17, 15) is 10.2 Å². The molecule has 2 N–H and O–H groups in total. The molecule has 0 saturated heterocycles. The fourth-order valence-corrected chi connectivity index (χ4v) is 7.13. The second-order valence-electron chi connectivity index (χ2n) is 11.3. The Morgan fingerprint density at radius 1 is 1.16 bits per heavy atom. The quantitative estimate of drug-likeness (QED) is 0.393. The van der Waals surface area contributed by atoms with Crippen molar-refractivity contribution in [1.29, 1.82) is 0 Å². The number of hydrogen-bond acceptors (Lipinski definition) is 2. The molecule has 0 aromatic carbocycles. The highest BCUT2D eigenvalue weighted by atomic mass is 16.3. The van der Waals surface area contributed by atoms with Gasteiger partial charge in [-0.1, -0.05) is 70.4 Å². The van der Waals surface area contributed by atoms with E-state index in [0.29, 0.717) is 5.41 Å². The van der Waals surface area contributed by atoms with Gasteiger partial charge in [-0.2, -0.15) is 0 Å². The lowest BCUT2D eigenvalue weighted by atomic mass is 9.60. The van der Waals surface area contributed by atoms with Crippen molar-refractivity contribution in [2.75, 3.05) is 0 Å². The number of hydrogen-bond donors (Lipinski definition) is 2. The maximum Gasteiger partial charge on any atom is 0.0784 e. The molecule has 0 amide bonds. The summed E-state index contributed by atoms with van der Waals surface area (Å²) in [4.78, 5) is 0. The van der Waals surface area contributed by atoms with Crippen LogP contribution in [-0.2, 0) is 0 Å².